The van der Waals surface area contributed by atoms with E-state index in [-0.39, 0.29) is 5.75 Å². The molecule has 1 saturated heterocycles. The van der Waals surface area contributed by atoms with Crippen molar-refractivity contribution in [3.8, 4) is 5.75 Å². The Labute approximate surface area is 100 Å². The van der Waals surface area contributed by atoms with Crippen LogP contribution in [0.5, 0.6) is 5.75 Å². The summed E-state index contributed by atoms with van der Waals surface area (Å²) in [5.74, 6) is 0.219. The Hall–Kier alpha value is -1.31. The fourth-order valence-corrected chi connectivity index (χ4v) is 2.56. The molecule has 2 rings (SSSR count). The second kappa shape index (κ2) is 4.91. The third-order valence-corrected chi connectivity index (χ3v) is 3.75. The van der Waals surface area contributed by atoms with Gasteiger partial charge in [-0.1, -0.05) is 6.07 Å². The maximum Gasteiger partial charge on any atom is 0.385 e. The molecule has 17 heavy (non-hydrogen) atoms. The van der Waals surface area contributed by atoms with Gasteiger partial charge in [0.15, 0.2) is 0 Å². The number of morpholine rings is 1. The van der Waals surface area contributed by atoms with Crippen molar-refractivity contribution < 1.29 is 17.3 Å². The van der Waals surface area contributed by atoms with Crippen molar-refractivity contribution in [3.63, 3.8) is 0 Å². The van der Waals surface area contributed by atoms with Crippen molar-refractivity contribution in [1.82, 2.24) is 4.31 Å². The van der Waals surface area contributed by atoms with Gasteiger partial charge in [-0.2, -0.15) is 12.7 Å². The molecule has 0 bridgehead atoms. The molecule has 0 aliphatic carbocycles. The molecule has 1 aliphatic rings. The maximum absolute atomic E-state index is 11.9. The quantitative estimate of drug-likeness (QED) is 0.784. The average Bonchev–Trinajstić information content (AvgIpc) is 2.29. The smallest absolute Gasteiger partial charge is 0.385 e. The molecule has 0 spiro atoms. The number of nitrogens with zero attached hydrogens (tertiary/aromatic N) is 1. The highest BCUT2D eigenvalue weighted by Crippen LogP contribution is 2.18. The highest BCUT2D eigenvalue weighted by molar-refractivity contribution is 7.84. The van der Waals surface area contributed by atoms with E-state index in [1.54, 1.807) is 18.2 Å². The minimum atomic E-state index is -3.76. The number of hydrogen-bond acceptors (Lipinski definition) is 5. The van der Waals surface area contributed by atoms with Crippen LogP contribution in [-0.2, 0) is 15.0 Å². The lowest BCUT2D eigenvalue weighted by atomic mass is 10.3. The minimum absolute atomic E-state index is 0.219. The summed E-state index contributed by atoms with van der Waals surface area (Å²) in [6, 6.07) is 6.32. The second-order valence-corrected chi connectivity index (χ2v) is 5.16. The predicted molar refractivity (Wildman–Crippen MR) is 62.8 cm³/mol. The van der Waals surface area contributed by atoms with E-state index < -0.39 is 10.3 Å². The van der Waals surface area contributed by atoms with Crippen LogP contribution in [0.3, 0.4) is 0 Å². The zero-order chi connectivity index (χ0) is 12.3. The van der Waals surface area contributed by atoms with Crippen LogP contribution in [0.4, 0.5) is 5.69 Å². The topological polar surface area (TPSA) is 81.9 Å². The lowest BCUT2D eigenvalue weighted by Gasteiger charge is -2.25. The standard InChI is InChI=1S/C10H14N2O4S/c11-9-2-1-3-10(8-9)16-17(13,14)12-4-6-15-7-5-12/h1-3,8H,4-7,11H2. The molecule has 94 valence electrons. The van der Waals surface area contributed by atoms with Crippen LogP contribution >= 0.6 is 0 Å². The Morgan fingerprint density at radius 3 is 2.65 bits per heavy atom. The molecule has 2 N–H and O–H groups in total. The number of ether oxygens (including phenoxy) is 1. The normalized spacial score (nSPS) is 17.9. The molecule has 1 aromatic carbocycles. The predicted octanol–water partition coefficient (Wildman–Crippen LogP) is 0.225. The SMILES string of the molecule is Nc1cccc(OS(=O)(=O)N2CCOCC2)c1. The molecule has 0 unspecified atom stereocenters. The first-order chi connectivity index (χ1) is 8.08. The van der Waals surface area contributed by atoms with Crippen molar-refractivity contribution in [2.45, 2.75) is 0 Å². The van der Waals surface area contributed by atoms with Crippen LogP contribution in [-0.4, -0.2) is 39.0 Å². The molecule has 0 radical (unpaired) electrons. The van der Waals surface area contributed by atoms with Crippen molar-refractivity contribution in [1.29, 1.82) is 0 Å². The number of anilines is 1. The molecule has 1 aliphatic heterocycles. The van der Waals surface area contributed by atoms with Gasteiger partial charge in [-0.3, -0.25) is 0 Å². The van der Waals surface area contributed by atoms with E-state index in [9.17, 15) is 8.42 Å². The molecule has 0 saturated carbocycles. The molecule has 0 atom stereocenters. The molecule has 1 aromatic rings. The highest BCUT2D eigenvalue weighted by atomic mass is 32.2. The fourth-order valence-electron chi connectivity index (χ4n) is 1.51. The third-order valence-electron chi connectivity index (χ3n) is 2.35. The zero-order valence-electron chi connectivity index (χ0n) is 9.20. The van der Waals surface area contributed by atoms with E-state index in [0.29, 0.717) is 32.0 Å². The van der Waals surface area contributed by atoms with E-state index in [4.69, 9.17) is 14.7 Å². The summed E-state index contributed by atoms with van der Waals surface area (Å²) in [6.45, 7) is 1.40. The van der Waals surface area contributed by atoms with Crippen molar-refractivity contribution in [2.24, 2.45) is 0 Å². The van der Waals surface area contributed by atoms with Gasteiger partial charge >= 0.3 is 10.3 Å². The number of nitrogen functional groups attached to an aromatic ring is 1. The second-order valence-electron chi connectivity index (χ2n) is 3.62. The lowest BCUT2D eigenvalue weighted by Crippen LogP contribution is -2.42. The van der Waals surface area contributed by atoms with Crippen LogP contribution in [0, 0.1) is 0 Å². The first-order valence-corrected chi connectivity index (χ1v) is 6.57. The van der Waals surface area contributed by atoms with E-state index in [1.807, 2.05) is 0 Å². The molecule has 7 heteroatoms. The zero-order valence-corrected chi connectivity index (χ0v) is 10.0. The van der Waals surface area contributed by atoms with E-state index >= 15 is 0 Å². The minimum Gasteiger partial charge on any atom is -0.399 e. The molecule has 0 amide bonds. The summed E-state index contributed by atoms with van der Waals surface area (Å²) in [4.78, 5) is 0. The summed E-state index contributed by atoms with van der Waals surface area (Å²) in [7, 11) is -3.76. The Balaban J connectivity index is 2.11. The van der Waals surface area contributed by atoms with Gasteiger partial charge in [0.25, 0.3) is 0 Å². The molecule has 6 nitrogen and oxygen atoms in total. The van der Waals surface area contributed by atoms with Crippen molar-refractivity contribution in [2.75, 3.05) is 32.0 Å². The lowest BCUT2D eigenvalue weighted by molar-refractivity contribution is 0.0698. The number of nitrogens with two attached hydrogens (primary N) is 1. The van der Waals surface area contributed by atoms with Crippen molar-refractivity contribution >= 4 is 16.0 Å². The summed E-state index contributed by atoms with van der Waals surface area (Å²) in [5.41, 5.74) is 6.01. The molecular weight excluding hydrogens is 244 g/mol. The Bertz CT molecular complexity index is 483. The monoisotopic (exact) mass is 258 g/mol. The molecule has 0 aromatic heterocycles. The fraction of sp³-hybridized carbons (Fsp3) is 0.400. The molecular formula is C10H14N2O4S. The van der Waals surface area contributed by atoms with Crippen LogP contribution in [0.1, 0.15) is 0 Å². The maximum atomic E-state index is 11.9. The largest absolute Gasteiger partial charge is 0.399 e. The average molecular weight is 258 g/mol. The van der Waals surface area contributed by atoms with E-state index in [1.165, 1.54) is 10.4 Å². The third kappa shape index (κ3) is 3.09. The van der Waals surface area contributed by atoms with Crippen LogP contribution in [0.25, 0.3) is 0 Å². The summed E-state index contributed by atoms with van der Waals surface area (Å²) in [5, 5.41) is 0. The van der Waals surface area contributed by atoms with Gasteiger partial charge in [0.2, 0.25) is 0 Å². The van der Waals surface area contributed by atoms with Gasteiger partial charge in [0.05, 0.1) is 13.2 Å². The van der Waals surface area contributed by atoms with Crippen LogP contribution in [0.15, 0.2) is 24.3 Å². The van der Waals surface area contributed by atoms with E-state index in [0.717, 1.165) is 0 Å². The highest BCUT2D eigenvalue weighted by Gasteiger charge is 2.26. The van der Waals surface area contributed by atoms with Gasteiger partial charge < -0.3 is 14.7 Å². The summed E-state index contributed by atoms with van der Waals surface area (Å²) in [6.07, 6.45) is 0. The molecule has 1 fully saturated rings. The Kier molecular flexibility index (Phi) is 3.51. The Morgan fingerprint density at radius 2 is 2.00 bits per heavy atom. The number of rotatable bonds is 3. The molecule has 1 heterocycles. The van der Waals surface area contributed by atoms with Gasteiger partial charge in [0, 0.05) is 24.8 Å². The summed E-state index contributed by atoms with van der Waals surface area (Å²) >= 11 is 0. The van der Waals surface area contributed by atoms with Gasteiger partial charge in [-0.05, 0) is 12.1 Å². The number of hydrogen-bond donors (Lipinski definition) is 1. The number of benzene rings is 1. The first kappa shape index (κ1) is 12.2. The van der Waals surface area contributed by atoms with E-state index in [2.05, 4.69) is 0 Å². The van der Waals surface area contributed by atoms with Gasteiger partial charge in [-0.25, -0.2) is 0 Å². The first-order valence-electron chi connectivity index (χ1n) is 5.21. The van der Waals surface area contributed by atoms with Crippen molar-refractivity contribution in [3.05, 3.63) is 24.3 Å². The Morgan fingerprint density at radius 1 is 1.29 bits per heavy atom. The van der Waals surface area contributed by atoms with Crippen LogP contribution < -0.4 is 9.92 Å². The summed E-state index contributed by atoms with van der Waals surface area (Å²) < 4.78 is 35.1. The van der Waals surface area contributed by atoms with Crippen LogP contribution in [0.2, 0.25) is 0 Å². The van der Waals surface area contributed by atoms with Gasteiger partial charge in [0.1, 0.15) is 5.75 Å². The van der Waals surface area contributed by atoms with Gasteiger partial charge in [-0.15, -0.1) is 0 Å².